The van der Waals surface area contributed by atoms with E-state index in [4.69, 9.17) is 5.26 Å². The van der Waals surface area contributed by atoms with Crippen molar-refractivity contribution in [1.82, 2.24) is 15.3 Å². The molecule has 1 aromatic rings. The molecule has 0 unspecified atom stereocenters. The van der Waals surface area contributed by atoms with Crippen molar-refractivity contribution in [1.29, 1.82) is 5.26 Å². The van der Waals surface area contributed by atoms with Gasteiger partial charge in [-0.05, 0) is 6.42 Å². The van der Waals surface area contributed by atoms with E-state index in [0.29, 0.717) is 25.3 Å². The summed E-state index contributed by atoms with van der Waals surface area (Å²) in [6.45, 7) is 3.20. The number of anilines is 1. The summed E-state index contributed by atoms with van der Waals surface area (Å²) in [6.07, 6.45) is 4.18. The van der Waals surface area contributed by atoms with Crippen molar-refractivity contribution in [3.63, 3.8) is 0 Å². The molecule has 6 nitrogen and oxygen atoms in total. The summed E-state index contributed by atoms with van der Waals surface area (Å²) >= 11 is 0. The number of carbonyl (C=O) groups excluding carboxylic acids is 1. The van der Waals surface area contributed by atoms with Gasteiger partial charge in [0.2, 0.25) is 5.91 Å². The van der Waals surface area contributed by atoms with E-state index in [9.17, 15) is 4.79 Å². The minimum Gasteiger partial charge on any atom is -0.368 e. The molecule has 2 N–H and O–H groups in total. The van der Waals surface area contributed by atoms with Crippen LogP contribution in [-0.4, -0.2) is 29.0 Å². The molecule has 0 fully saturated rings. The fraction of sp³-hybridized carbons (Fsp3) is 0.455. The molecule has 1 amide bonds. The summed E-state index contributed by atoms with van der Waals surface area (Å²) in [5.41, 5.74) is 0.274. The van der Waals surface area contributed by atoms with Crippen molar-refractivity contribution >= 4 is 11.7 Å². The lowest BCUT2D eigenvalue weighted by molar-refractivity contribution is -0.120. The highest BCUT2D eigenvalue weighted by Gasteiger charge is 2.00. The maximum atomic E-state index is 11.3. The van der Waals surface area contributed by atoms with Gasteiger partial charge in [0, 0.05) is 19.5 Å². The SMILES string of the molecule is CCCNC(=O)CCNc1cnc(C#N)cn1. The Kier molecular flexibility index (Phi) is 5.44. The zero-order valence-electron chi connectivity index (χ0n) is 9.73. The molecule has 1 rings (SSSR count). The molecule has 0 spiro atoms. The number of amides is 1. The first-order valence-electron chi connectivity index (χ1n) is 5.49. The van der Waals surface area contributed by atoms with Gasteiger partial charge >= 0.3 is 0 Å². The minimum atomic E-state index is 0.0148. The average molecular weight is 233 g/mol. The number of hydrogen-bond acceptors (Lipinski definition) is 5. The van der Waals surface area contributed by atoms with Gasteiger partial charge in [0.1, 0.15) is 11.9 Å². The molecule has 0 bridgehead atoms. The Labute approximate surface area is 100 Å². The van der Waals surface area contributed by atoms with Gasteiger partial charge in [-0.25, -0.2) is 9.97 Å². The van der Waals surface area contributed by atoms with Gasteiger partial charge < -0.3 is 10.6 Å². The predicted molar refractivity (Wildman–Crippen MR) is 63.2 cm³/mol. The van der Waals surface area contributed by atoms with Gasteiger partial charge in [-0.3, -0.25) is 4.79 Å². The van der Waals surface area contributed by atoms with Crippen LogP contribution >= 0.6 is 0 Å². The third kappa shape index (κ3) is 4.93. The zero-order valence-corrected chi connectivity index (χ0v) is 9.73. The van der Waals surface area contributed by atoms with Crippen molar-refractivity contribution < 1.29 is 4.79 Å². The van der Waals surface area contributed by atoms with Crippen LogP contribution in [0.1, 0.15) is 25.5 Å². The predicted octanol–water partition coefficient (Wildman–Crippen LogP) is 0.676. The van der Waals surface area contributed by atoms with Crippen LogP contribution in [0.25, 0.3) is 0 Å². The van der Waals surface area contributed by atoms with Gasteiger partial charge in [0.25, 0.3) is 0 Å². The topological polar surface area (TPSA) is 90.7 Å². The fourth-order valence-corrected chi connectivity index (χ4v) is 1.13. The third-order valence-electron chi connectivity index (χ3n) is 2.00. The van der Waals surface area contributed by atoms with Crippen LogP contribution in [0, 0.1) is 11.3 Å². The lowest BCUT2D eigenvalue weighted by Crippen LogP contribution is -2.25. The first-order valence-corrected chi connectivity index (χ1v) is 5.49. The molecule has 17 heavy (non-hydrogen) atoms. The molecule has 0 aromatic carbocycles. The van der Waals surface area contributed by atoms with Gasteiger partial charge in [-0.2, -0.15) is 5.26 Å². The fourth-order valence-electron chi connectivity index (χ4n) is 1.13. The smallest absolute Gasteiger partial charge is 0.221 e. The molecule has 0 aliphatic rings. The molecular weight excluding hydrogens is 218 g/mol. The third-order valence-corrected chi connectivity index (χ3v) is 2.00. The van der Waals surface area contributed by atoms with Crippen molar-refractivity contribution in [2.75, 3.05) is 18.4 Å². The van der Waals surface area contributed by atoms with E-state index >= 15 is 0 Å². The standard InChI is InChI=1S/C11H15N5O/c1-2-4-14-11(17)3-5-13-10-8-15-9(6-12)7-16-10/h7-8H,2-5H2,1H3,(H,13,16)(H,14,17). The number of carbonyl (C=O) groups is 1. The Morgan fingerprint density at radius 3 is 2.82 bits per heavy atom. The van der Waals surface area contributed by atoms with Gasteiger partial charge in [-0.1, -0.05) is 6.92 Å². The normalized spacial score (nSPS) is 9.41. The summed E-state index contributed by atoms with van der Waals surface area (Å²) in [5, 5.41) is 14.3. The number of nitriles is 1. The number of nitrogens with zero attached hydrogens (tertiary/aromatic N) is 3. The second-order valence-corrected chi connectivity index (χ2v) is 3.43. The van der Waals surface area contributed by atoms with Crippen LogP contribution < -0.4 is 10.6 Å². The molecule has 0 radical (unpaired) electrons. The highest BCUT2D eigenvalue weighted by atomic mass is 16.1. The summed E-state index contributed by atoms with van der Waals surface area (Å²) in [4.78, 5) is 19.1. The largest absolute Gasteiger partial charge is 0.368 e. The minimum absolute atomic E-state index is 0.0148. The van der Waals surface area contributed by atoms with E-state index in [-0.39, 0.29) is 11.6 Å². The molecule has 0 aliphatic heterocycles. The van der Waals surface area contributed by atoms with Crippen LogP contribution in [-0.2, 0) is 4.79 Å². The lowest BCUT2D eigenvalue weighted by Gasteiger charge is -2.05. The molecule has 6 heteroatoms. The highest BCUT2D eigenvalue weighted by Crippen LogP contribution is 1.99. The van der Waals surface area contributed by atoms with E-state index in [0.717, 1.165) is 6.42 Å². The summed E-state index contributed by atoms with van der Waals surface area (Å²) in [7, 11) is 0. The van der Waals surface area contributed by atoms with E-state index in [2.05, 4.69) is 20.6 Å². The zero-order chi connectivity index (χ0) is 12.5. The summed E-state index contributed by atoms with van der Waals surface area (Å²) < 4.78 is 0. The number of rotatable bonds is 6. The van der Waals surface area contributed by atoms with Crippen molar-refractivity contribution in [3.8, 4) is 6.07 Å². The number of hydrogen-bond donors (Lipinski definition) is 2. The first kappa shape index (κ1) is 12.9. The molecule has 1 heterocycles. The Morgan fingerprint density at radius 2 is 2.24 bits per heavy atom. The maximum Gasteiger partial charge on any atom is 0.221 e. The molecule has 0 saturated carbocycles. The molecule has 1 aromatic heterocycles. The van der Waals surface area contributed by atoms with E-state index in [1.165, 1.54) is 12.4 Å². The Morgan fingerprint density at radius 1 is 1.41 bits per heavy atom. The quantitative estimate of drug-likeness (QED) is 0.753. The van der Waals surface area contributed by atoms with Crippen molar-refractivity contribution in [2.45, 2.75) is 19.8 Å². The molecule has 0 saturated heterocycles. The van der Waals surface area contributed by atoms with E-state index < -0.39 is 0 Å². The van der Waals surface area contributed by atoms with Gasteiger partial charge in [0.05, 0.1) is 12.4 Å². The molecule has 0 aliphatic carbocycles. The van der Waals surface area contributed by atoms with Crippen LogP contribution in [0.15, 0.2) is 12.4 Å². The highest BCUT2D eigenvalue weighted by molar-refractivity contribution is 5.76. The van der Waals surface area contributed by atoms with Crippen LogP contribution in [0.4, 0.5) is 5.82 Å². The number of aromatic nitrogens is 2. The van der Waals surface area contributed by atoms with Crippen molar-refractivity contribution in [3.05, 3.63) is 18.1 Å². The average Bonchev–Trinajstić information content (AvgIpc) is 2.37. The number of nitrogens with one attached hydrogen (secondary N) is 2. The van der Waals surface area contributed by atoms with Crippen LogP contribution in [0.2, 0.25) is 0 Å². The lowest BCUT2D eigenvalue weighted by atomic mass is 10.3. The molecular formula is C11H15N5O. The van der Waals surface area contributed by atoms with Gasteiger partial charge in [-0.15, -0.1) is 0 Å². The van der Waals surface area contributed by atoms with E-state index in [1.54, 1.807) is 0 Å². The molecule has 0 atom stereocenters. The Balaban J connectivity index is 2.26. The summed E-state index contributed by atoms with van der Waals surface area (Å²) in [6, 6.07) is 1.89. The maximum absolute atomic E-state index is 11.3. The summed E-state index contributed by atoms with van der Waals surface area (Å²) in [5.74, 6) is 0.577. The second kappa shape index (κ2) is 7.17. The van der Waals surface area contributed by atoms with E-state index in [1.807, 2.05) is 13.0 Å². The first-order chi connectivity index (χ1) is 8.26. The van der Waals surface area contributed by atoms with Crippen molar-refractivity contribution in [2.24, 2.45) is 0 Å². The van der Waals surface area contributed by atoms with Gasteiger partial charge in [0.15, 0.2) is 5.69 Å². The monoisotopic (exact) mass is 233 g/mol. The second-order valence-electron chi connectivity index (χ2n) is 3.43. The Bertz CT molecular complexity index is 395. The van der Waals surface area contributed by atoms with Crippen LogP contribution in [0.5, 0.6) is 0 Å². The molecule has 90 valence electrons. The van der Waals surface area contributed by atoms with Crippen LogP contribution in [0.3, 0.4) is 0 Å². The Hall–Kier alpha value is -2.16.